The van der Waals surface area contributed by atoms with Crippen LogP contribution in [-0.4, -0.2) is 28.3 Å². The van der Waals surface area contributed by atoms with Crippen molar-refractivity contribution < 1.29 is 24.5 Å². The van der Waals surface area contributed by atoms with Gasteiger partial charge >= 0.3 is 11.9 Å². The smallest absolute Gasteiger partial charge is 0.339 e. The quantitative estimate of drug-likeness (QED) is 0.401. The Morgan fingerprint density at radius 1 is 0.960 bits per heavy atom. The van der Waals surface area contributed by atoms with E-state index < -0.39 is 11.9 Å². The number of carbonyl (C=O) groups is 2. The summed E-state index contributed by atoms with van der Waals surface area (Å²) in [5.74, 6) is -2.07. The third kappa shape index (κ3) is 7.59. The van der Waals surface area contributed by atoms with Crippen molar-refractivity contribution >= 4 is 11.9 Å². The molecule has 2 N–H and O–H groups in total. The molecule has 1 rings (SSSR count). The molecule has 0 aliphatic rings. The fourth-order valence-corrected chi connectivity index (χ4v) is 2.79. The lowest BCUT2D eigenvalue weighted by molar-refractivity contribution is 0.0244. The van der Waals surface area contributed by atoms with Crippen molar-refractivity contribution in [2.75, 3.05) is 0 Å². The summed E-state index contributed by atoms with van der Waals surface area (Å²) < 4.78 is 5.61. The zero-order chi connectivity index (χ0) is 18.7. The molecule has 0 aromatic heterocycles. The predicted molar refractivity (Wildman–Crippen MR) is 97.2 cm³/mol. The first-order chi connectivity index (χ1) is 12.0. The van der Waals surface area contributed by atoms with E-state index in [4.69, 9.17) is 4.74 Å². The Morgan fingerprint density at radius 3 is 2.16 bits per heavy atom. The second-order valence-corrected chi connectivity index (χ2v) is 6.41. The first kappa shape index (κ1) is 21.0. The Labute approximate surface area is 150 Å². The summed E-state index contributed by atoms with van der Waals surface area (Å²) >= 11 is 0. The minimum atomic E-state index is -1.26. The molecule has 140 valence electrons. The van der Waals surface area contributed by atoms with Crippen LogP contribution in [0.2, 0.25) is 0 Å². The molecule has 5 nitrogen and oxygen atoms in total. The second kappa shape index (κ2) is 11.5. The monoisotopic (exact) mass is 350 g/mol. The zero-order valence-corrected chi connectivity index (χ0v) is 15.3. The molecule has 0 amide bonds. The van der Waals surface area contributed by atoms with Gasteiger partial charge in [-0.15, -0.1) is 0 Å². The maximum atomic E-state index is 12.4. The molecule has 0 spiro atoms. The number of aromatic hydroxyl groups is 1. The van der Waals surface area contributed by atoms with Crippen molar-refractivity contribution in [3.05, 3.63) is 29.3 Å². The SMILES string of the molecule is CCCCCCC(CCCCC)OC(=O)c1ccc(O)cc1C(=O)O. The minimum absolute atomic E-state index is 0.0145. The fourth-order valence-electron chi connectivity index (χ4n) is 2.79. The summed E-state index contributed by atoms with van der Waals surface area (Å²) in [6.07, 6.45) is 9.00. The van der Waals surface area contributed by atoms with Crippen LogP contribution in [0.1, 0.15) is 92.4 Å². The molecular formula is C20H30O5. The first-order valence-electron chi connectivity index (χ1n) is 9.26. The van der Waals surface area contributed by atoms with E-state index in [9.17, 15) is 19.8 Å². The number of unbranched alkanes of at least 4 members (excludes halogenated alkanes) is 5. The summed E-state index contributed by atoms with van der Waals surface area (Å²) in [6.45, 7) is 4.27. The largest absolute Gasteiger partial charge is 0.508 e. The van der Waals surface area contributed by atoms with Crippen LogP contribution in [0.3, 0.4) is 0 Å². The number of rotatable bonds is 12. The number of aromatic carboxylic acids is 1. The van der Waals surface area contributed by atoms with Crippen molar-refractivity contribution in [3.63, 3.8) is 0 Å². The number of hydrogen-bond donors (Lipinski definition) is 2. The number of hydrogen-bond acceptors (Lipinski definition) is 4. The minimum Gasteiger partial charge on any atom is -0.508 e. The van der Waals surface area contributed by atoms with Crippen molar-refractivity contribution in [2.24, 2.45) is 0 Å². The van der Waals surface area contributed by atoms with Crippen molar-refractivity contribution in [2.45, 2.75) is 77.7 Å². The molecule has 0 aliphatic carbocycles. The predicted octanol–water partition coefficient (Wildman–Crippen LogP) is 5.17. The molecule has 0 aliphatic heterocycles. The Kier molecular flexibility index (Phi) is 9.66. The number of carbonyl (C=O) groups excluding carboxylic acids is 1. The van der Waals surface area contributed by atoms with E-state index in [1.165, 1.54) is 12.1 Å². The summed E-state index contributed by atoms with van der Waals surface area (Å²) in [6, 6.07) is 3.68. The molecule has 1 aromatic carbocycles. The second-order valence-electron chi connectivity index (χ2n) is 6.41. The number of carboxylic acids is 1. The van der Waals surface area contributed by atoms with Gasteiger partial charge in [0.25, 0.3) is 0 Å². The zero-order valence-electron chi connectivity index (χ0n) is 15.3. The van der Waals surface area contributed by atoms with Crippen molar-refractivity contribution in [1.29, 1.82) is 0 Å². The number of esters is 1. The standard InChI is InChI=1S/C20H30O5/c1-3-5-7-9-11-16(10-8-6-4-2)25-20(24)17-13-12-15(21)14-18(17)19(22)23/h12-14,16,21H,3-11H2,1-2H3,(H,22,23). The molecular weight excluding hydrogens is 320 g/mol. The van der Waals surface area contributed by atoms with E-state index in [0.29, 0.717) is 0 Å². The third-order valence-electron chi connectivity index (χ3n) is 4.24. The maximum Gasteiger partial charge on any atom is 0.339 e. The molecule has 5 heteroatoms. The lowest BCUT2D eigenvalue weighted by Crippen LogP contribution is -2.20. The Balaban J connectivity index is 2.76. The molecule has 1 unspecified atom stereocenters. The lowest BCUT2D eigenvalue weighted by atomic mass is 10.0. The van der Waals surface area contributed by atoms with Crippen LogP contribution in [0.4, 0.5) is 0 Å². The molecule has 0 heterocycles. The summed E-state index contributed by atoms with van der Waals surface area (Å²) in [7, 11) is 0. The first-order valence-corrected chi connectivity index (χ1v) is 9.26. The normalized spacial score (nSPS) is 11.9. The van der Waals surface area contributed by atoms with E-state index in [1.54, 1.807) is 0 Å². The van der Waals surface area contributed by atoms with Crippen LogP contribution in [0.5, 0.6) is 5.75 Å². The Morgan fingerprint density at radius 2 is 1.56 bits per heavy atom. The van der Waals surface area contributed by atoms with Gasteiger partial charge in [-0.3, -0.25) is 0 Å². The summed E-state index contributed by atoms with van der Waals surface area (Å²) in [4.78, 5) is 23.7. The summed E-state index contributed by atoms with van der Waals surface area (Å²) in [5.41, 5.74) is -0.248. The lowest BCUT2D eigenvalue weighted by Gasteiger charge is -2.18. The molecule has 0 saturated heterocycles. The molecule has 25 heavy (non-hydrogen) atoms. The van der Waals surface area contributed by atoms with Gasteiger partial charge in [0.1, 0.15) is 11.9 Å². The number of benzene rings is 1. The van der Waals surface area contributed by atoms with Crippen molar-refractivity contribution in [1.82, 2.24) is 0 Å². The van der Waals surface area contributed by atoms with Crippen LogP contribution in [-0.2, 0) is 4.74 Å². The average molecular weight is 350 g/mol. The molecule has 0 bridgehead atoms. The van der Waals surface area contributed by atoms with Gasteiger partial charge in [0.05, 0.1) is 11.1 Å². The van der Waals surface area contributed by atoms with Crippen LogP contribution in [0.25, 0.3) is 0 Å². The van der Waals surface area contributed by atoms with Gasteiger partial charge in [0, 0.05) is 0 Å². The topological polar surface area (TPSA) is 83.8 Å². The van der Waals surface area contributed by atoms with E-state index in [2.05, 4.69) is 13.8 Å². The summed E-state index contributed by atoms with van der Waals surface area (Å²) in [5, 5.41) is 18.7. The van der Waals surface area contributed by atoms with Crippen LogP contribution in [0.15, 0.2) is 18.2 Å². The van der Waals surface area contributed by atoms with Crippen LogP contribution >= 0.6 is 0 Å². The van der Waals surface area contributed by atoms with Gasteiger partial charge in [-0.25, -0.2) is 9.59 Å². The van der Waals surface area contributed by atoms with Crippen molar-refractivity contribution in [3.8, 4) is 5.75 Å². The fraction of sp³-hybridized carbons (Fsp3) is 0.600. The van der Waals surface area contributed by atoms with E-state index in [1.807, 2.05) is 0 Å². The number of phenolic OH excluding ortho intramolecular Hbond substituents is 1. The number of ether oxygens (including phenoxy) is 1. The molecule has 1 aromatic rings. The van der Waals surface area contributed by atoms with Gasteiger partial charge < -0.3 is 14.9 Å². The molecule has 0 radical (unpaired) electrons. The van der Waals surface area contributed by atoms with Crippen LogP contribution < -0.4 is 0 Å². The van der Waals surface area contributed by atoms with Gasteiger partial charge in [-0.1, -0.05) is 46.0 Å². The molecule has 0 saturated carbocycles. The van der Waals surface area contributed by atoms with E-state index >= 15 is 0 Å². The molecule has 0 fully saturated rings. The highest BCUT2D eigenvalue weighted by Crippen LogP contribution is 2.21. The van der Waals surface area contributed by atoms with E-state index in [0.717, 1.165) is 63.9 Å². The highest BCUT2D eigenvalue weighted by atomic mass is 16.5. The number of carboxylic acid groups (broad SMARTS) is 1. The average Bonchev–Trinajstić information content (AvgIpc) is 2.58. The Hall–Kier alpha value is -2.04. The highest BCUT2D eigenvalue weighted by Gasteiger charge is 2.21. The highest BCUT2D eigenvalue weighted by molar-refractivity contribution is 6.02. The van der Waals surface area contributed by atoms with Gasteiger partial charge in [0.2, 0.25) is 0 Å². The molecule has 1 atom stereocenters. The van der Waals surface area contributed by atoms with Gasteiger partial charge in [0.15, 0.2) is 0 Å². The maximum absolute atomic E-state index is 12.4. The number of phenols is 1. The van der Waals surface area contributed by atoms with Gasteiger partial charge in [-0.2, -0.15) is 0 Å². The van der Waals surface area contributed by atoms with E-state index in [-0.39, 0.29) is 23.0 Å². The Bertz CT molecular complexity index is 553. The van der Waals surface area contributed by atoms with Gasteiger partial charge in [-0.05, 0) is 43.9 Å². The van der Waals surface area contributed by atoms with Crippen LogP contribution in [0, 0.1) is 0 Å². The third-order valence-corrected chi connectivity index (χ3v) is 4.24.